The van der Waals surface area contributed by atoms with Gasteiger partial charge in [0.1, 0.15) is 0 Å². The highest BCUT2D eigenvalue weighted by Crippen LogP contribution is 2.36. The molecule has 0 spiro atoms. The summed E-state index contributed by atoms with van der Waals surface area (Å²) in [6.07, 6.45) is 0. The molecule has 5 rings (SSSR count). The fourth-order valence-corrected chi connectivity index (χ4v) is 4.38. The molecule has 26 heavy (non-hydrogen) atoms. The average molecular weight is 334 g/mol. The molecule has 5 aromatic carbocycles. The van der Waals surface area contributed by atoms with Crippen LogP contribution in [0.5, 0.6) is 0 Å². The number of benzene rings is 5. The quantitative estimate of drug-likeness (QED) is 0.203. The monoisotopic (exact) mass is 334 g/mol. The minimum absolute atomic E-state index is 1.30. The molecule has 0 nitrogen and oxygen atoms in total. The Morgan fingerprint density at radius 3 is 1.50 bits per heavy atom. The lowest BCUT2D eigenvalue weighted by molar-refractivity contribution is 1.25. The summed E-state index contributed by atoms with van der Waals surface area (Å²) in [4.78, 5) is 0. The summed E-state index contributed by atoms with van der Waals surface area (Å²) in [6, 6.07) is 22.6. The predicted molar refractivity (Wildman–Crippen MR) is 115 cm³/mol. The highest BCUT2D eigenvalue weighted by Gasteiger charge is 2.11. The van der Waals surface area contributed by atoms with Crippen LogP contribution in [0.2, 0.25) is 0 Å². The van der Waals surface area contributed by atoms with Crippen LogP contribution >= 0.6 is 0 Å². The molecule has 0 aliphatic rings. The Hall–Kier alpha value is -2.86. The minimum atomic E-state index is 1.30. The summed E-state index contributed by atoms with van der Waals surface area (Å²) < 4.78 is 0. The van der Waals surface area contributed by atoms with Crippen molar-refractivity contribution in [2.45, 2.75) is 27.7 Å². The molecule has 0 saturated carbocycles. The maximum absolute atomic E-state index is 2.41. The summed E-state index contributed by atoms with van der Waals surface area (Å²) in [6.45, 7) is 9.01. The van der Waals surface area contributed by atoms with Crippen LogP contribution in [0.15, 0.2) is 60.7 Å². The van der Waals surface area contributed by atoms with Crippen LogP contribution in [0.25, 0.3) is 43.1 Å². The molecule has 0 bridgehead atoms. The Labute approximate surface area is 154 Å². The number of aryl methyl sites for hydroxylation is 2. The highest BCUT2D eigenvalue weighted by atomic mass is 14.2. The molecule has 0 aromatic heterocycles. The fourth-order valence-electron chi connectivity index (χ4n) is 4.38. The number of fused-ring (bicyclic) bond motifs is 5. The van der Waals surface area contributed by atoms with Gasteiger partial charge in [0.15, 0.2) is 0 Å². The van der Waals surface area contributed by atoms with Crippen LogP contribution in [-0.4, -0.2) is 0 Å². The third-order valence-electron chi connectivity index (χ3n) is 6.34. The lowest BCUT2D eigenvalue weighted by atomic mass is 9.89. The van der Waals surface area contributed by atoms with Crippen LogP contribution < -0.4 is 0 Å². The minimum Gasteiger partial charge on any atom is -0.0616 e. The second-order valence-electron chi connectivity index (χ2n) is 7.60. The van der Waals surface area contributed by atoms with Gasteiger partial charge in [0.2, 0.25) is 0 Å². The molecule has 5 aromatic rings. The predicted octanol–water partition coefficient (Wildman–Crippen LogP) is 7.53. The van der Waals surface area contributed by atoms with E-state index in [9.17, 15) is 0 Å². The Morgan fingerprint density at radius 2 is 0.846 bits per heavy atom. The van der Waals surface area contributed by atoms with Crippen molar-refractivity contribution in [2.75, 3.05) is 0 Å². The van der Waals surface area contributed by atoms with Crippen molar-refractivity contribution in [3.63, 3.8) is 0 Å². The van der Waals surface area contributed by atoms with Gasteiger partial charge in [0.05, 0.1) is 0 Å². The van der Waals surface area contributed by atoms with E-state index in [-0.39, 0.29) is 0 Å². The molecule has 0 saturated heterocycles. The van der Waals surface area contributed by atoms with Crippen molar-refractivity contribution in [3.8, 4) is 0 Å². The first-order chi connectivity index (χ1) is 12.5. The Bertz CT molecular complexity index is 1350. The van der Waals surface area contributed by atoms with E-state index in [0.717, 1.165) is 0 Å². The lowest BCUT2D eigenvalue weighted by Gasteiger charge is -2.16. The van der Waals surface area contributed by atoms with Gasteiger partial charge in [-0.2, -0.15) is 0 Å². The number of rotatable bonds is 0. The van der Waals surface area contributed by atoms with Gasteiger partial charge in [-0.15, -0.1) is 0 Å². The van der Waals surface area contributed by atoms with Crippen LogP contribution in [0, 0.1) is 27.7 Å². The second kappa shape index (κ2) is 5.32. The third kappa shape index (κ3) is 2.02. The van der Waals surface area contributed by atoms with Crippen molar-refractivity contribution in [3.05, 3.63) is 82.9 Å². The van der Waals surface area contributed by atoms with E-state index in [2.05, 4.69) is 88.4 Å². The SMILES string of the molecule is Cc1c(C)c(C)c2cc3c(ccc4cc5ccccc5cc43)cc2c1C. The molecule has 0 amide bonds. The molecular formula is C26H22. The largest absolute Gasteiger partial charge is 0.0616 e. The van der Waals surface area contributed by atoms with Crippen molar-refractivity contribution in [2.24, 2.45) is 0 Å². The van der Waals surface area contributed by atoms with E-state index in [1.54, 1.807) is 0 Å². The summed E-state index contributed by atoms with van der Waals surface area (Å²) in [7, 11) is 0. The second-order valence-corrected chi connectivity index (χ2v) is 7.60. The van der Waals surface area contributed by atoms with Crippen LogP contribution in [0.3, 0.4) is 0 Å². The first kappa shape index (κ1) is 15.4. The zero-order valence-electron chi connectivity index (χ0n) is 15.8. The molecule has 0 atom stereocenters. The molecule has 0 aliphatic heterocycles. The van der Waals surface area contributed by atoms with Gasteiger partial charge >= 0.3 is 0 Å². The van der Waals surface area contributed by atoms with Crippen molar-refractivity contribution < 1.29 is 0 Å². The van der Waals surface area contributed by atoms with E-state index >= 15 is 0 Å². The number of hydrogen-bond donors (Lipinski definition) is 0. The molecule has 0 fully saturated rings. The van der Waals surface area contributed by atoms with Gasteiger partial charge in [0.25, 0.3) is 0 Å². The Balaban J connectivity index is 2.00. The zero-order valence-corrected chi connectivity index (χ0v) is 15.8. The van der Waals surface area contributed by atoms with Crippen molar-refractivity contribution >= 4 is 43.1 Å². The standard InChI is InChI=1S/C26H22/c1-15-16(2)18(4)24-14-26-22(13-23(24)17(15)3)10-9-21-11-19-7-5-6-8-20(19)12-25(21)26/h5-14H,1-4H3. The topological polar surface area (TPSA) is 0 Å². The lowest BCUT2D eigenvalue weighted by Crippen LogP contribution is -1.94. The maximum atomic E-state index is 2.41. The first-order valence-electron chi connectivity index (χ1n) is 9.30. The van der Waals surface area contributed by atoms with Crippen molar-refractivity contribution in [1.29, 1.82) is 0 Å². The number of hydrogen-bond acceptors (Lipinski definition) is 0. The molecular weight excluding hydrogens is 312 g/mol. The summed E-state index contributed by atoms with van der Waals surface area (Å²) in [5, 5.41) is 10.7. The Kier molecular flexibility index (Phi) is 3.15. The van der Waals surface area contributed by atoms with Gasteiger partial charge in [-0.3, -0.25) is 0 Å². The highest BCUT2D eigenvalue weighted by molar-refractivity contribution is 6.16. The van der Waals surface area contributed by atoms with Gasteiger partial charge in [-0.1, -0.05) is 36.4 Å². The van der Waals surface area contributed by atoms with Crippen LogP contribution in [0.1, 0.15) is 22.3 Å². The third-order valence-corrected chi connectivity index (χ3v) is 6.34. The van der Waals surface area contributed by atoms with E-state index in [1.165, 1.54) is 65.3 Å². The summed E-state index contributed by atoms with van der Waals surface area (Å²) in [5.41, 5.74) is 5.65. The molecule has 0 radical (unpaired) electrons. The Morgan fingerprint density at radius 1 is 0.385 bits per heavy atom. The van der Waals surface area contributed by atoms with Gasteiger partial charge < -0.3 is 0 Å². The van der Waals surface area contributed by atoms with E-state index in [4.69, 9.17) is 0 Å². The molecule has 0 aliphatic carbocycles. The maximum Gasteiger partial charge on any atom is -0.00987 e. The van der Waals surface area contributed by atoms with Crippen LogP contribution in [-0.2, 0) is 0 Å². The van der Waals surface area contributed by atoms with Gasteiger partial charge in [-0.05, 0) is 117 Å². The van der Waals surface area contributed by atoms with Crippen LogP contribution in [0.4, 0.5) is 0 Å². The fraction of sp³-hybridized carbons (Fsp3) is 0.154. The molecule has 0 heteroatoms. The molecule has 126 valence electrons. The van der Waals surface area contributed by atoms with Gasteiger partial charge in [0, 0.05) is 0 Å². The normalized spacial score (nSPS) is 11.8. The smallest absolute Gasteiger partial charge is 0.00987 e. The summed E-state index contributed by atoms with van der Waals surface area (Å²) >= 11 is 0. The van der Waals surface area contributed by atoms with E-state index in [0.29, 0.717) is 0 Å². The molecule has 0 unspecified atom stereocenters. The zero-order chi connectivity index (χ0) is 18.0. The molecule has 0 N–H and O–H groups in total. The van der Waals surface area contributed by atoms with Crippen molar-refractivity contribution in [1.82, 2.24) is 0 Å². The van der Waals surface area contributed by atoms with E-state index in [1.807, 2.05) is 0 Å². The molecule has 0 heterocycles. The summed E-state index contributed by atoms with van der Waals surface area (Å²) in [5.74, 6) is 0. The van der Waals surface area contributed by atoms with E-state index < -0.39 is 0 Å². The average Bonchev–Trinajstić information content (AvgIpc) is 2.68. The first-order valence-corrected chi connectivity index (χ1v) is 9.30. The van der Waals surface area contributed by atoms with Gasteiger partial charge in [-0.25, -0.2) is 0 Å².